The fourth-order valence-corrected chi connectivity index (χ4v) is 2.10. The largest absolute Gasteiger partial charge is 0.450 e. The van der Waals surface area contributed by atoms with Gasteiger partial charge in [0.25, 0.3) is 5.91 Å². The first-order valence-corrected chi connectivity index (χ1v) is 7.12. The maximum absolute atomic E-state index is 12.0. The van der Waals surface area contributed by atoms with Crippen molar-refractivity contribution in [2.45, 2.75) is 25.9 Å². The van der Waals surface area contributed by atoms with Crippen molar-refractivity contribution < 1.29 is 19.1 Å². The van der Waals surface area contributed by atoms with Crippen LogP contribution in [0.2, 0.25) is 0 Å². The number of benzene rings is 1. The highest BCUT2D eigenvalue weighted by molar-refractivity contribution is 5.95. The lowest BCUT2D eigenvalue weighted by Crippen LogP contribution is -2.31. The number of nitrogens with one attached hydrogen (secondary N) is 2. The van der Waals surface area contributed by atoms with Crippen molar-refractivity contribution in [2.24, 2.45) is 0 Å². The van der Waals surface area contributed by atoms with Gasteiger partial charge in [-0.05, 0) is 44.0 Å². The first-order valence-electron chi connectivity index (χ1n) is 7.12. The summed E-state index contributed by atoms with van der Waals surface area (Å²) in [6.07, 6.45) is 1.66. The second-order valence-electron chi connectivity index (χ2n) is 4.77. The summed E-state index contributed by atoms with van der Waals surface area (Å²) in [5.74, 6) is -0.145. The maximum Gasteiger partial charge on any atom is 0.411 e. The molecule has 0 radical (unpaired) electrons. The van der Waals surface area contributed by atoms with E-state index in [0.717, 1.165) is 19.4 Å². The van der Waals surface area contributed by atoms with Crippen molar-refractivity contribution in [2.75, 3.05) is 25.1 Å². The van der Waals surface area contributed by atoms with E-state index in [1.807, 2.05) is 0 Å². The number of ether oxygens (including phenoxy) is 2. The highest BCUT2D eigenvalue weighted by atomic mass is 16.5. The van der Waals surface area contributed by atoms with Gasteiger partial charge in [0.05, 0.1) is 12.7 Å². The molecule has 0 saturated carbocycles. The van der Waals surface area contributed by atoms with Gasteiger partial charge < -0.3 is 14.8 Å². The summed E-state index contributed by atoms with van der Waals surface area (Å²) in [4.78, 5) is 23.2. The Morgan fingerprint density at radius 3 is 2.71 bits per heavy atom. The molecule has 0 aromatic heterocycles. The third kappa shape index (κ3) is 4.75. The summed E-state index contributed by atoms with van der Waals surface area (Å²) in [7, 11) is 0. The van der Waals surface area contributed by atoms with E-state index in [1.54, 1.807) is 31.2 Å². The molecule has 6 nitrogen and oxygen atoms in total. The SMILES string of the molecule is CCOC(=O)Nc1ccc(C(=O)NC[C@H]2CCCO2)cc1. The quantitative estimate of drug-likeness (QED) is 0.872. The van der Waals surface area contributed by atoms with Crippen molar-refractivity contribution in [3.63, 3.8) is 0 Å². The molecule has 1 atom stereocenters. The van der Waals surface area contributed by atoms with E-state index in [2.05, 4.69) is 10.6 Å². The minimum Gasteiger partial charge on any atom is -0.450 e. The Balaban J connectivity index is 1.82. The van der Waals surface area contributed by atoms with Gasteiger partial charge in [0.1, 0.15) is 0 Å². The molecule has 114 valence electrons. The van der Waals surface area contributed by atoms with Crippen LogP contribution in [-0.4, -0.2) is 37.9 Å². The molecule has 0 bridgehead atoms. The average molecular weight is 292 g/mol. The van der Waals surface area contributed by atoms with Gasteiger partial charge in [0.15, 0.2) is 0 Å². The highest BCUT2D eigenvalue weighted by Crippen LogP contribution is 2.12. The summed E-state index contributed by atoms with van der Waals surface area (Å²) in [5, 5.41) is 5.42. The molecular formula is C15H20N2O4. The Morgan fingerprint density at radius 2 is 2.10 bits per heavy atom. The maximum atomic E-state index is 12.0. The normalized spacial score (nSPS) is 17.3. The van der Waals surface area contributed by atoms with Crippen molar-refractivity contribution in [3.8, 4) is 0 Å². The van der Waals surface area contributed by atoms with Gasteiger partial charge in [0, 0.05) is 24.4 Å². The Labute approximate surface area is 123 Å². The van der Waals surface area contributed by atoms with Crippen molar-refractivity contribution >= 4 is 17.7 Å². The van der Waals surface area contributed by atoms with Crippen molar-refractivity contribution in [3.05, 3.63) is 29.8 Å². The number of carbonyl (C=O) groups is 2. The molecule has 1 saturated heterocycles. The second kappa shape index (κ2) is 7.64. The van der Waals surface area contributed by atoms with Crippen LogP contribution in [0.15, 0.2) is 24.3 Å². The van der Waals surface area contributed by atoms with Gasteiger partial charge in [0.2, 0.25) is 0 Å². The molecule has 0 aliphatic carbocycles. The molecule has 6 heteroatoms. The van der Waals surface area contributed by atoms with Gasteiger partial charge in [-0.1, -0.05) is 0 Å². The lowest BCUT2D eigenvalue weighted by molar-refractivity contribution is 0.0858. The third-order valence-corrected chi connectivity index (χ3v) is 3.18. The van der Waals surface area contributed by atoms with Crippen LogP contribution in [0.5, 0.6) is 0 Å². The summed E-state index contributed by atoms with van der Waals surface area (Å²) >= 11 is 0. The van der Waals surface area contributed by atoms with Crippen LogP contribution < -0.4 is 10.6 Å². The number of rotatable bonds is 5. The van der Waals surface area contributed by atoms with Crippen molar-refractivity contribution in [1.82, 2.24) is 5.32 Å². The molecule has 1 fully saturated rings. The highest BCUT2D eigenvalue weighted by Gasteiger charge is 2.16. The van der Waals surface area contributed by atoms with Gasteiger partial charge in [-0.3, -0.25) is 10.1 Å². The molecule has 1 aliphatic rings. The molecule has 1 aliphatic heterocycles. The minimum atomic E-state index is -0.506. The number of anilines is 1. The molecule has 21 heavy (non-hydrogen) atoms. The molecule has 2 amide bonds. The first-order chi connectivity index (χ1) is 10.2. The lowest BCUT2D eigenvalue weighted by Gasteiger charge is -2.11. The molecule has 1 aromatic carbocycles. The van der Waals surface area contributed by atoms with Crippen molar-refractivity contribution in [1.29, 1.82) is 0 Å². The fraction of sp³-hybridized carbons (Fsp3) is 0.467. The molecule has 1 aromatic rings. The summed E-state index contributed by atoms with van der Waals surface area (Å²) in [6, 6.07) is 6.65. The topological polar surface area (TPSA) is 76.7 Å². The van der Waals surface area contributed by atoms with E-state index >= 15 is 0 Å². The summed E-state index contributed by atoms with van der Waals surface area (Å²) < 4.78 is 10.2. The molecule has 0 spiro atoms. The van der Waals surface area contributed by atoms with E-state index < -0.39 is 6.09 Å². The molecule has 2 rings (SSSR count). The molecular weight excluding hydrogens is 272 g/mol. The molecule has 1 heterocycles. The first kappa shape index (κ1) is 15.3. The van der Waals surface area contributed by atoms with Gasteiger partial charge in [-0.25, -0.2) is 4.79 Å². The van der Waals surface area contributed by atoms with Crippen LogP contribution >= 0.6 is 0 Å². The van der Waals surface area contributed by atoms with Crippen LogP contribution in [0.4, 0.5) is 10.5 Å². The monoisotopic (exact) mass is 292 g/mol. The van der Waals surface area contributed by atoms with Crippen LogP contribution in [0.25, 0.3) is 0 Å². The van der Waals surface area contributed by atoms with Crippen LogP contribution in [-0.2, 0) is 9.47 Å². The minimum absolute atomic E-state index is 0.124. The zero-order valence-electron chi connectivity index (χ0n) is 12.1. The number of carbonyl (C=O) groups excluding carboxylic acids is 2. The van der Waals surface area contributed by atoms with Crippen LogP contribution in [0.1, 0.15) is 30.1 Å². The predicted molar refractivity (Wildman–Crippen MR) is 78.4 cm³/mol. The second-order valence-corrected chi connectivity index (χ2v) is 4.77. The number of hydrogen-bond acceptors (Lipinski definition) is 4. The average Bonchev–Trinajstić information content (AvgIpc) is 2.99. The van der Waals surface area contributed by atoms with E-state index in [0.29, 0.717) is 24.4 Å². The molecule has 2 N–H and O–H groups in total. The zero-order valence-corrected chi connectivity index (χ0v) is 12.1. The van der Waals surface area contributed by atoms with E-state index in [9.17, 15) is 9.59 Å². The Kier molecular flexibility index (Phi) is 5.57. The van der Waals surface area contributed by atoms with E-state index in [1.165, 1.54) is 0 Å². The van der Waals surface area contributed by atoms with Crippen LogP contribution in [0, 0.1) is 0 Å². The summed E-state index contributed by atoms with van der Waals surface area (Å²) in [6.45, 7) is 3.35. The standard InChI is InChI=1S/C15H20N2O4/c1-2-20-15(19)17-12-7-5-11(6-8-12)14(18)16-10-13-4-3-9-21-13/h5-8,13H,2-4,9-10H2,1H3,(H,16,18)(H,17,19)/t13-/m1/s1. The molecule has 0 unspecified atom stereocenters. The third-order valence-electron chi connectivity index (χ3n) is 3.18. The smallest absolute Gasteiger partial charge is 0.411 e. The Morgan fingerprint density at radius 1 is 1.33 bits per heavy atom. The lowest BCUT2D eigenvalue weighted by atomic mass is 10.2. The van der Waals surface area contributed by atoms with Gasteiger partial charge >= 0.3 is 6.09 Å². The van der Waals surface area contributed by atoms with Gasteiger partial charge in [-0.15, -0.1) is 0 Å². The number of amides is 2. The van der Waals surface area contributed by atoms with E-state index in [-0.39, 0.29) is 12.0 Å². The van der Waals surface area contributed by atoms with E-state index in [4.69, 9.17) is 9.47 Å². The van der Waals surface area contributed by atoms with Crippen LogP contribution in [0.3, 0.4) is 0 Å². The van der Waals surface area contributed by atoms with Gasteiger partial charge in [-0.2, -0.15) is 0 Å². The Bertz CT molecular complexity index is 481. The number of hydrogen-bond donors (Lipinski definition) is 2. The Hall–Kier alpha value is -2.08. The summed E-state index contributed by atoms with van der Waals surface area (Å²) in [5.41, 5.74) is 1.13. The predicted octanol–water partition coefficient (Wildman–Crippen LogP) is 2.16. The zero-order chi connectivity index (χ0) is 15.1. The fourth-order valence-electron chi connectivity index (χ4n) is 2.10.